The molecule has 0 aliphatic carbocycles. The van der Waals surface area contributed by atoms with Gasteiger partial charge in [0.25, 0.3) is 0 Å². The van der Waals surface area contributed by atoms with Crippen molar-refractivity contribution in [3.8, 4) is 5.75 Å². The summed E-state index contributed by atoms with van der Waals surface area (Å²) in [7, 11) is 0. The highest BCUT2D eigenvalue weighted by Crippen LogP contribution is 2.23. The first-order valence-electron chi connectivity index (χ1n) is 5.05. The van der Waals surface area contributed by atoms with E-state index < -0.39 is 5.82 Å². The molecule has 1 aromatic carbocycles. The first kappa shape index (κ1) is 12.5. The number of halogens is 1. The van der Waals surface area contributed by atoms with Crippen LogP contribution in [0.2, 0.25) is 0 Å². The molecule has 1 aromatic rings. The maximum atomic E-state index is 13.5. The average molecular weight is 225 g/mol. The molecule has 4 heteroatoms. The molecule has 0 atom stereocenters. The van der Waals surface area contributed by atoms with Crippen molar-refractivity contribution in [3.05, 3.63) is 24.0 Å². The van der Waals surface area contributed by atoms with Gasteiger partial charge in [-0.25, -0.2) is 4.39 Å². The van der Waals surface area contributed by atoms with Crippen LogP contribution < -0.4 is 10.1 Å². The van der Waals surface area contributed by atoms with Gasteiger partial charge in [-0.2, -0.15) is 0 Å². The van der Waals surface area contributed by atoms with Gasteiger partial charge in [0, 0.05) is 11.8 Å². The molecule has 3 nitrogen and oxygen atoms in total. The van der Waals surface area contributed by atoms with E-state index in [4.69, 9.17) is 4.74 Å². The number of amides is 1. The number of hydrogen-bond donors (Lipinski definition) is 1. The van der Waals surface area contributed by atoms with Gasteiger partial charge in [-0.05, 0) is 17.5 Å². The van der Waals surface area contributed by atoms with Gasteiger partial charge < -0.3 is 10.1 Å². The lowest BCUT2D eigenvalue weighted by molar-refractivity contribution is -0.105. The van der Waals surface area contributed by atoms with Crippen LogP contribution in [0.5, 0.6) is 5.75 Å². The lowest BCUT2D eigenvalue weighted by Gasteiger charge is -2.19. The molecule has 0 saturated heterocycles. The predicted octanol–water partition coefficient (Wildman–Crippen LogP) is 2.82. The number of ether oxygens (including phenoxy) is 1. The third-order valence-corrected chi connectivity index (χ3v) is 1.82. The van der Waals surface area contributed by atoms with E-state index in [1.165, 1.54) is 12.1 Å². The Labute approximate surface area is 94.6 Å². The van der Waals surface area contributed by atoms with E-state index in [0.29, 0.717) is 18.7 Å². The van der Waals surface area contributed by atoms with Gasteiger partial charge in [0.2, 0.25) is 6.41 Å². The molecule has 0 aliphatic heterocycles. The topological polar surface area (TPSA) is 38.3 Å². The molecule has 0 spiro atoms. The summed E-state index contributed by atoms with van der Waals surface area (Å²) >= 11 is 0. The highest BCUT2D eigenvalue weighted by Gasteiger charge is 2.13. The molecular weight excluding hydrogens is 209 g/mol. The van der Waals surface area contributed by atoms with Crippen LogP contribution >= 0.6 is 0 Å². The minimum Gasteiger partial charge on any atom is -0.490 e. The van der Waals surface area contributed by atoms with E-state index in [1.54, 1.807) is 6.07 Å². The summed E-state index contributed by atoms with van der Waals surface area (Å²) in [4.78, 5) is 10.2. The molecule has 0 radical (unpaired) electrons. The van der Waals surface area contributed by atoms with E-state index in [0.717, 1.165) is 0 Å². The Morgan fingerprint density at radius 1 is 1.44 bits per heavy atom. The zero-order chi connectivity index (χ0) is 12.2. The van der Waals surface area contributed by atoms with Crippen LogP contribution in [0.25, 0.3) is 0 Å². The molecular formula is C12H16FNO2. The molecule has 1 rings (SSSR count). The number of benzene rings is 1. The molecule has 0 aliphatic rings. The zero-order valence-corrected chi connectivity index (χ0v) is 9.71. The normalized spacial score (nSPS) is 11.0. The van der Waals surface area contributed by atoms with Gasteiger partial charge in [0.1, 0.15) is 0 Å². The van der Waals surface area contributed by atoms with Crippen LogP contribution in [-0.2, 0) is 4.79 Å². The maximum absolute atomic E-state index is 13.5. The summed E-state index contributed by atoms with van der Waals surface area (Å²) in [5, 5.41) is 2.37. The Morgan fingerprint density at radius 3 is 2.62 bits per heavy atom. The minimum absolute atomic E-state index is 0.0217. The molecule has 1 amide bonds. The monoisotopic (exact) mass is 225 g/mol. The van der Waals surface area contributed by atoms with E-state index in [2.05, 4.69) is 5.32 Å². The highest BCUT2D eigenvalue weighted by atomic mass is 19.1. The first-order chi connectivity index (χ1) is 7.42. The van der Waals surface area contributed by atoms with Crippen LogP contribution in [-0.4, -0.2) is 13.0 Å². The smallest absolute Gasteiger partial charge is 0.211 e. The third kappa shape index (κ3) is 3.88. The molecule has 16 heavy (non-hydrogen) atoms. The lowest BCUT2D eigenvalue weighted by Crippen LogP contribution is -2.17. The number of rotatable bonds is 4. The average Bonchev–Trinajstić information content (AvgIpc) is 2.15. The number of nitrogens with one attached hydrogen (secondary N) is 1. The molecule has 0 saturated carbocycles. The van der Waals surface area contributed by atoms with Crippen LogP contribution in [0.4, 0.5) is 10.1 Å². The summed E-state index contributed by atoms with van der Waals surface area (Å²) in [5.74, 6) is -0.275. The van der Waals surface area contributed by atoms with Crippen molar-refractivity contribution in [2.75, 3.05) is 11.9 Å². The summed E-state index contributed by atoms with van der Waals surface area (Å²) < 4.78 is 18.8. The molecule has 0 fully saturated rings. The number of carbonyl (C=O) groups excluding carboxylic acids is 1. The van der Waals surface area contributed by atoms with Gasteiger partial charge in [0.05, 0.1) is 6.61 Å². The fourth-order valence-electron chi connectivity index (χ4n) is 1.07. The van der Waals surface area contributed by atoms with Crippen molar-refractivity contribution in [3.63, 3.8) is 0 Å². The maximum Gasteiger partial charge on any atom is 0.211 e. The van der Waals surface area contributed by atoms with E-state index >= 15 is 0 Å². The Hall–Kier alpha value is -1.58. The highest BCUT2D eigenvalue weighted by molar-refractivity contribution is 5.71. The van der Waals surface area contributed by atoms with Gasteiger partial charge in [0.15, 0.2) is 11.6 Å². The first-order valence-corrected chi connectivity index (χ1v) is 5.05. The van der Waals surface area contributed by atoms with E-state index in [9.17, 15) is 9.18 Å². The summed E-state index contributed by atoms with van der Waals surface area (Å²) in [6.45, 7) is 6.46. The minimum atomic E-state index is -0.476. The number of anilines is 1. The van der Waals surface area contributed by atoms with Gasteiger partial charge in [-0.1, -0.05) is 20.8 Å². The number of carbonyl (C=O) groups is 1. The van der Waals surface area contributed by atoms with Crippen LogP contribution in [0, 0.1) is 11.2 Å². The second-order valence-corrected chi connectivity index (χ2v) is 4.76. The SMILES string of the molecule is CC(C)(C)COc1ccc(NC=O)cc1F. The lowest BCUT2D eigenvalue weighted by atomic mass is 9.99. The molecule has 0 unspecified atom stereocenters. The Morgan fingerprint density at radius 2 is 2.12 bits per heavy atom. The van der Waals surface area contributed by atoms with Crippen LogP contribution in [0.3, 0.4) is 0 Å². The Kier molecular flexibility index (Phi) is 3.88. The van der Waals surface area contributed by atoms with E-state index in [1.807, 2.05) is 20.8 Å². The van der Waals surface area contributed by atoms with Crippen LogP contribution in [0.1, 0.15) is 20.8 Å². The Bertz CT molecular complexity index is 372. The molecule has 1 N–H and O–H groups in total. The van der Waals surface area contributed by atoms with Crippen molar-refractivity contribution < 1.29 is 13.9 Å². The Balaban J connectivity index is 2.71. The number of hydrogen-bond acceptors (Lipinski definition) is 2. The van der Waals surface area contributed by atoms with Crippen molar-refractivity contribution in [2.45, 2.75) is 20.8 Å². The second kappa shape index (κ2) is 4.96. The molecule has 0 heterocycles. The van der Waals surface area contributed by atoms with Crippen molar-refractivity contribution in [2.24, 2.45) is 5.41 Å². The van der Waals surface area contributed by atoms with Crippen molar-refractivity contribution in [1.82, 2.24) is 0 Å². The fourth-order valence-corrected chi connectivity index (χ4v) is 1.07. The largest absolute Gasteiger partial charge is 0.490 e. The zero-order valence-electron chi connectivity index (χ0n) is 9.71. The summed E-state index contributed by atoms with van der Waals surface area (Å²) in [6, 6.07) is 4.33. The standard InChI is InChI=1S/C12H16FNO2/c1-12(2,3)7-16-11-5-4-9(14-8-15)6-10(11)13/h4-6,8H,7H2,1-3H3,(H,14,15). The van der Waals surface area contributed by atoms with Gasteiger partial charge >= 0.3 is 0 Å². The summed E-state index contributed by atoms with van der Waals surface area (Å²) in [6.07, 6.45) is 0.504. The van der Waals surface area contributed by atoms with Crippen molar-refractivity contribution in [1.29, 1.82) is 0 Å². The second-order valence-electron chi connectivity index (χ2n) is 4.76. The molecule has 0 bridgehead atoms. The van der Waals surface area contributed by atoms with Gasteiger partial charge in [-0.15, -0.1) is 0 Å². The predicted molar refractivity (Wildman–Crippen MR) is 61.0 cm³/mol. The fraction of sp³-hybridized carbons (Fsp3) is 0.417. The molecule has 0 aromatic heterocycles. The van der Waals surface area contributed by atoms with Gasteiger partial charge in [-0.3, -0.25) is 4.79 Å². The molecule has 88 valence electrons. The quantitative estimate of drug-likeness (QED) is 0.800. The van der Waals surface area contributed by atoms with Crippen LogP contribution in [0.15, 0.2) is 18.2 Å². The third-order valence-electron chi connectivity index (χ3n) is 1.82. The summed E-state index contributed by atoms with van der Waals surface area (Å²) in [5.41, 5.74) is 0.391. The van der Waals surface area contributed by atoms with Crippen molar-refractivity contribution >= 4 is 12.1 Å². The van der Waals surface area contributed by atoms with E-state index in [-0.39, 0.29) is 11.2 Å².